The number of cyclic esters (lactones) is 1. The predicted molar refractivity (Wildman–Crippen MR) is 301 cm³/mol. The summed E-state index contributed by atoms with van der Waals surface area (Å²) in [5, 5.41) is 12.1. The molecule has 5 aliphatic rings. The Kier molecular flexibility index (Phi) is 24.7. The van der Waals surface area contributed by atoms with Crippen molar-refractivity contribution in [1.29, 1.82) is 0 Å². The van der Waals surface area contributed by atoms with Gasteiger partial charge >= 0.3 is 12.1 Å². The maximum Gasteiger partial charge on any atom is 0.410 e. The molecule has 4 aliphatic heterocycles. The standard InChI is InChI=1S/C60H97N3O14Si/c1-38-20-16-15-17-21-39(2)50(71-9)36-46-25-23-44(7)60(70,76-46)56(66)57(67)63-27-19-18-22-47(63)58(68)74-51(37-48(64)40(3)33-43(6)54(77-78(12,13)14)55(73-11)53(65)42(5)32-38)41(4)34-45-24-26-49(52(35-45)72-10)75-59(69)62-30-28-61(8)29-31-62/h15-17,20-21,33,38,40-42,44-47,49-52,54-55,70H,18-19,22-32,34-37H2,1-14H3/b17-15+,20-16+,39-21+,43-33+/t38-,40-,41-,42-,44-,45+,46+,47+,49-,50+,51+,52-,54-,55+,60-/m1/s1. The first kappa shape index (κ1) is 64.9. The zero-order chi connectivity index (χ0) is 57.6. The van der Waals surface area contributed by atoms with Crippen LogP contribution in [0, 0.1) is 35.5 Å². The van der Waals surface area contributed by atoms with Gasteiger partial charge in [-0.25, -0.2) is 9.59 Å². The van der Waals surface area contributed by atoms with Gasteiger partial charge in [-0.2, -0.15) is 0 Å². The van der Waals surface area contributed by atoms with Crippen LogP contribution in [0.25, 0.3) is 0 Å². The number of likely N-dealkylation sites (N-methyl/N-ethyl adjacent to an activating group) is 1. The molecule has 1 saturated carbocycles. The van der Waals surface area contributed by atoms with Crippen molar-refractivity contribution in [2.45, 2.75) is 200 Å². The number of carbonyl (C=O) groups excluding carboxylic acids is 6. The van der Waals surface area contributed by atoms with Gasteiger partial charge in [0.2, 0.25) is 5.79 Å². The molecule has 0 aromatic rings. The predicted octanol–water partition coefficient (Wildman–Crippen LogP) is 8.43. The maximum absolute atomic E-state index is 14.7. The lowest BCUT2D eigenvalue weighted by Gasteiger charge is -2.42. The number of methoxy groups -OCH3 is 3. The number of amides is 2. The highest BCUT2D eigenvalue weighted by Gasteiger charge is 2.53. The van der Waals surface area contributed by atoms with E-state index in [0.717, 1.165) is 18.7 Å². The van der Waals surface area contributed by atoms with Crippen molar-refractivity contribution in [2.75, 3.05) is 61.1 Å². The first-order valence-electron chi connectivity index (χ1n) is 28.9. The van der Waals surface area contributed by atoms with Gasteiger partial charge in [0, 0.05) is 84.6 Å². The molecule has 17 nitrogen and oxygen atoms in total. The molecule has 18 heteroatoms. The molecule has 0 radical (unpaired) electrons. The van der Waals surface area contributed by atoms with Crippen LogP contribution in [0.2, 0.25) is 19.6 Å². The van der Waals surface area contributed by atoms with E-state index in [4.69, 9.17) is 32.8 Å². The number of carbonyl (C=O) groups is 6. The van der Waals surface area contributed by atoms with Crippen LogP contribution in [0.15, 0.2) is 47.6 Å². The fraction of sp³-hybridized carbons (Fsp3) is 0.767. The van der Waals surface area contributed by atoms with Crippen LogP contribution in [0.4, 0.5) is 4.79 Å². The highest BCUT2D eigenvalue weighted by molar-refractivity contribution is 6.69. The summed E-state index contributed by atoms with van der Waals surface area (Å²) >= 11 is 0. The van der Waals surface area contributed by atoms with Crippen LogP contribution in [0.3, 0.4) is 0 Å². The van der Waals surface area contributed by atoms with E-state index in [9.17, 15) is 33.9 Å². The topological polar surface area (TPSA) is 197 Å². The minimum atomic E-state index is -2.44. The number of piperazine rings is 1. The van der Waals surface area contributed by atoms with Crippen molar-refractivity contribution in [3.8, 4) is 0 Å². The zero-order valence-electron chi connectivity index (χ0n) is 49.7. The molecule has 4 fully saturated rings. The summed E-state index contributed by atoms with van der Waals surface area (Å²) in [4.78, 5) is 91.1. The van der Waals surface area contributed by atoms with E-state index in [0.29, 0.717) is 82.9 Å². The number of rotatable bonds is 9. The molecule has 78 heavy (non-hydrogen) atoms. The summed E-state index contributed by atoms with van der Waals surface area (Å²) in [6, 6.07) is -1.15. The van der Waals surface area contributed by atoms with Crippen molar-refractivity contribution in [2.24, 2.45) is 35.5 Å². The number of piperidine rings is 1. The van der Waals surface area contributed by atoms with Crippen LogP contribution in [0.5, 0.6) is 0 Å². The molecule has 2 amide bonds. The van der Waals surface area contributed by atoms with Gasteiger partial charge in [0.1, 0.15) is 30.1 Å². The molecule has 1 N–H and O–H groups in total. The van der Waals surface area contributed by atoms with Crippen LogP contribution in [-0.4, -0.2) is 179 Å². The monoisotopic (exact) mass is 1110 g/mol. The number of hydrogen-bond acceptors (Lipinski definition) is 15. The van der Waals surface area contributed by atoms with E-state index in [-0.39, 0.29) is 66.8 Å². The average Bonchev–Trinajstić information content (AvgIpc) is 3.41. The SMILES string of the molecule is CO[C@H]1C[C@@H]2CC[C@@H](C)[C@@](O)(O2)C(=O)C(=O)N2CCCC[C@H]2C(=O)O[C@H]([C@H](C)C[C@@H]2CC[C@@H](OC(=O)N3CCN(C)CC3)[C@H](OC)C2)CC(=O)[C@H](C)/C=C(\C)[C@@H](O[Si](C)(C)C)[C@@H](OC)C(=O)[C@H](C)C[C@H](C)/C=C/C=C/C=C/1C. The highest BCUT2D eigenvalue weighted by atomic mass is 28.4. The molecule has 0 aromatic carbocycles. The molecule has 3 saturated heterocycles. The van der Waals surface area contributed by atoms with Crippen molar-refractivity contribution in [3.05, 3.63) is 47.6 Å². The van der Waals surface area contributed by atoms with Crippen LogP contribution in [0.1, 0.15) is 126 Å². The quantitative estimate of drug-likeness (QED) is 0.0999. The normalized spacial score (nSPS) is 37.3. The highest BCUT2D eigenvalue weighted by Crippen LogP contribution is 2.38. The van der Waals surface area contributed by atoms with E-state index in [1.807, 2.05) is 84.8 Å². The van der Waals surface area contributed by atoms with E-state index < -0.39 is 86.3 Å². The lowest BCUT2D eigenvalue weighted by atomic mass is 9.78. The second-order valence-electron chi connectivity index (χ2n) is 24.4. The number of ketones is 3. The van der Waals surface area contributed by atoms with Crippen LogP contribution < -0.4 is 0 Å². The molecule has 1 aliphatic carbocycles. The first-order valence-corrected chi connectivity index (χ1v) is 32.3. The second-order valence-corrected chi connectivity index (χ2v) is 28.9. The number of Topliss-reactive ketones (excluding diaryl/α,β-unsaturated/α-hetero) is 3. The number of ether oxygens (including phenoxy) is 6. The van der Waals surface area contributed by atoms with Crippen LogP contribution in [-0.2, 0) is 56.8 Å². The van der Waals surface area contributed by atoms with E-state index in [1.165, 1.54) is 12.0 Å². The Morgan fingerprint density at radius 3 is 2.17 bits per heavy atom. The number of fused-ring (bicyclic) bond motifs is 3. The summed E-state index contributed by atoms with van der Waals surface area (Å²) < 4.78 is 43.3. The molecule has 4 heterocycles. The summed E-state index contributed by atoms with van der Waals surface area (Å²) in [6.45, 7) is 22.1. The van der Waals surface area contributed by atoms with Gasteiger partial charge in [-0.3, -0.25) is 19.2 Å². The summed E-state index contributed by atoms with van der Waals surface area (Å²) in [5.74, 6) is -7.68. The number of esters is 1. The molecule has 0 spiro atoms. The Hall–Kier alpha value is -3.88. The van der Waals surface area contributed by atoms with Crippen molar-refractivity contribution < 1.29 is 66.7 Å². The van der Waals surface area contributed by atoms with Crippen molar-refractivity contribution >= 4 is 43.6 Å². The van der Waals surface area contributed by atoms with Gasteiger partial charge < -0.3 is 52.7 Å². The third-order valence-electron chi connectivity index (χ3n) is 16.9. The lowest BCUT2D eigenvalue weighted by molar-refractivity contribution is -0.265. The van der Waals surface area contributed by atoms with E-state index in [2.05, 4.69) is 17.9 Å². The third-order valence-corrected chi connectivity index (χ3v) is 17.9. The second kappa shape index (κ2) is 29.7. The Morgan fingerprint density at radius 2 is 1.51 bits per heavy atom. The minimum absolute atomic E-state index is 0.0438. The Labute approximate surface area is 467 Å². The number of allylic oxidation sites excluding steroid dienone is 6. The molecule has 0 aromatic heterocycles. The van der Waals surface area contributed by atoms with Crippen LogP contribution >= 0.6 is 0 Å². The smallest absolute Gasteiger partial charge is 0.410 e. The number of nitrogens with zero attached hydrogens (tertiary/aromatic N) is 3. The van der Waals surface area contributed by atoms with Gasteiger partial charge in [0.05, 0.1) is 24.4 Å². The van der Waals surface area contributed by atoms with Crippen molar-refractivity contribution in [1.82, 2.24) is 14.7 Å². The Balaban J connectivity index is 1.48. The average molecular weight is 1110 g/mol. The van der Waals surface area contributed by atoms with Gasteiger partial charge in [-0.05, 0) is 134 Å². The van der Waals surface area contributed by atoms with E-state index >= 15 is 0 Å². The van der Waals surface area contributed by atoms with Gasteiger partial charge in [0.25, 0.3) is 11.7 Å². The molecule has 2 bridgehead atoms. The molecule has 15 atom stereocenters. The summed E-state index contributed by atoms with van der Waals surface area (Å²) in [6.07, 6.45) is 12.2. The maximum atomic E-state index is 14.7. The fourth-order valence-electron chi connectivity index (χ4n) is 11.9. The van der Waals surface area contributed by atoms with Gasteiger partial charge in [-0.15, -0.1) is 0 Å². The largest absolute Gasteiger partial charge is 0.460 e. The molecular weight excluding hydrogens is 1010 g/mol. The summed E-state index contributed by atoms with van der Waals surface area (Å²) in [5.41, 5.74) is 1.57. The lowest BCUT2D eigenvalue weighted by Crippen LogP contribution is -2.61. The van der Waals surface area contributed by atoms with Gasteiger partial charge in [0.15, 0.2) is 14.1 Å². The number of aliphatic hydroxyl groups is 1. The third kappa shape index (κ3) is 17.8. The zero-order valence-corrected chi connectivity index (χ0v) is 50.7. The van der Waals surface area contributed by atoms with E-state index in [1.54, 1.807) is 33.0 Å². The number of hydrogen-bond donors (Lipinski definition) is 1. The Morgan fingerprint density at radius 1 is 0.808 bits per heavy atom. The summed E-state index contributed by atoms with van der Waals surface area (Å²) in [7, 11) is 4.44. The van der Waals surface area contributed by atoms with Gasteiger partial charge in [-0.1, -0.05) is 71.1 Å². The van der Waals surface area contributed by atoms with Crippen molar-refractivity contribution in [3.63, 3.8) is 0 Å². The molecule has 440 valence electrons. The fourth-order valence-corrected chi connectivity index (χ4v) is 13.0. The minimum Gasteiger partial charge on any atom is -0.460 e. The molecule has 0 unspecified atom stereocenters. The molecular formula is C60H97N3O14Si. The molecule has 5 rings (SSSR count). The first-order chi connectivity index (χ1) is 36.8. The Bertz CT molecular complexity index is 2170.